The van der Waals surface area contributed by atoms with Crippen molar-refractivity contribution in [2.75, 3.05) is 39.8 Å². The average Bonchev–Trinajstić information content (AvgIpc) is 3.02. The van der Waals surface area contributed by atoms with Crippen LogP contribution in [0.2, 0.25) is 0 Å². The van der Waals surface area contributed by atoms with E-state index in [0.717, 1.165) is 19.3 Å². The Kier molecular flexibility index (Phi) is 9.96. The van der Waals surface area contributed by atoms with E-state index in [1.54, 1.807) is 60.7 Å². The minimum atomic E-state index is -1.96. The second-order valence-corrected chi connectivity index (χ2v) is 11.3. The number of ether oxygens (including phenoxy) is 2. The normalized spacial score (nSPS) is 15.8. The third kappa shape index (κ3) is 7.11. The van der Waals surface area contributed by atoms with Gasteiger partial charge in [0, 0.05) is 36.7 Å². The number of aromatic hydroxyl groups is 1. The summed E-state index contributed by atoms with van der Waals surface area (Å²) >= 11 is 0. The fraction of sp³-hybridized carbons (Fsp3) is 0.353. The van der Waals surface area contributed by atoms with E-state index in [1.807, 2.05) is 18.0 Å². The van der Waals surface area contributed by atoms with Crippen molar-refractivity contribution in [1.29, 1.82) is 0 Å². The third-order valence-electron chi connectivity index (χ3n) is 7.91. The summed E-state index contributed by atoms with van der Waals surface area (Å²) in [6, 6.07) is 21.8. The number of pyridine rings is 1. The molecule has 1 saturated heterocycles. The number of hydrogen-bond acceptors (Lipinski definition) is 9. The molecule has 0 amide bonds. The van der Waals surface area contributed by atoms with Crippen molar-refractivity contribution >= 4 is 16.9 Å². The van der Waals surface area contributed by atoms with Gasteiger partial charge in [-0.25, -0.2) is 4.79 Å². The van der Waals surface area contributed by atoms with Gasteiger partial charge in [-0.15, -0.1) is 0 Å². The highest BCUT2D eigenvalue weighted by atomic mass is 16.6. The molecule has 4 aromatic rings. The van der Waals surface area contributed by atoms with E-state index in [-0.39, 0.29) is 17.4 Å². The first-order valence-corrected chi connectivity index (χ1v) is 14.9. The Bertz CT molecular complexity index is 1620. The lowest BCUT2D eigenvalue weighted by Crippen LogP contribution is -2.53. The number of unbranched alkanes of at least 4 members (excludes halogenated alkanes) is 2. The van der Waals surface area contributed by atoms with Crippen LogP contribution in [0, 0.1) is 0 Å². The number of H-pyrrole nitrogens is 1. The van der Waals surface area contributed by atoms with Gasteiger partial charge in [-0.2, -0.15) is 0 Å². The molecule has 1 aliphatic rings. The molecule has 2 unspecified atom stereocenters. The van der Waals surface area contributed by atoms with Crippen LogP contribution in [0.3, 0.4) is 0 Å². The second-order valence-electron chi connectivity index (χ2n) is 11.3. The summed E-state index contributed by atoms with van der Waals surface area (Å²) in [6.45, 7) is 2.75. The monoisotopic (exact) mass is 601 g/mol. The predicted octanol–water partition coefficient (Wildman–Crippen LogP) is 3.20. The molecular weight excluding hydrogens is 562 g/mol. The highest BCUT2D eigenvalue weighted by Crippen LogP contribution is 2.34. The Morgan fingerprint density at radius 2 is 1.80 bits per heavy atom. The molecule has 10 nitrogen and oxygen atoms in total. The largest absolute Gasteiger partial charge is 0.506 e. The van der Waals surface area contributed by atoms with Crippen LogP contribution < -0.4 is 15.6 Å². The molecule has 0 bridgehead atoms. The van der Waals surface area contributed by atoms with Gasteiger partial charge >= 0.3 is 5.97 Å². The van der Waals surface area contributed by atoms with E-state index in [2.05, 4.69) is 10.3 Å². The molecule has 0 aliphatic carbocycles. The summed E-state index contributed by atoms with van der Waals surface area (Å²) in [5, 5.41) is 36.4. The lowest BCUT2D eigenvalue weighted by atomic mass is 9.86. The lowest BCUT2D eigenvalue weighted by molar-refractivity contribution is -0.175. The Morgan fingerprint density at radius 1 is 1.02 bits per heavy atom. The highest BCUT2D eigenvalue weighted by Gasteiger charge is 2.44. The lowest BCUT2D eigenvalue weighted by Gasteiger charge is -2.37. The molecule has 232 valence electrons. The summed E-state index contributed by atoms with van der Waals surface area (Å²) in [6.07, 6.45) is 1.50. The zero-order chi connectivity index (χ0) is 31.1. The fourth-order valence-electron chi connectivity index (χ4n) is 5.46. The number of carbonyl (C=O) groups excluding carboxylic acids is 1. The fourth-order valence-corrected chi connectivity index (χ4v) is 5.46. The molecule has 0 saturated carbocycles. The van der Waals surface area contributed by atoms with Crippen molar-refractivity contribution in [3.8, 4) is 11.5 Å². The van der Waals surface area contributed by atoms with Crippen LogP contribution >= 0.6 is 0 Å². The van der Waals surface area contributed by atoms with Crippen LogP contribution in [-0.2, 0) is 15.1 Å². The van der Waals surface area contributed by atoms with Gasteiger partial charge in [-0.3, -0.25) is 9.69 Å². The molecule has 0 spiro atoms. The van der Waals surface area contributed by atoms with Crippen molar-refractivity contribution in [3.05, 3.63) is 106 Å². The molecule has 2 atom stereocenters. The Hall–Kier alpha value is -4.22. The Balaban J connectivity index is 1.09. The van der Waals surface area contributed by atoms with E-state index in [9.17, 15) is 24.9 Å². The van der Waals surface area contributed by atoms with Crippen LogP contribution in [0.4, 0.5) is 0 Å². The number of aromatic nitrogens is 1. The first kappa shape index (κ1) is 31.2. The van der Waals surface area contributed by atoms with Crippen molar-refractivity contribution in [1.82, 2.24) is 15.2 Å². The summed E-state index contributed by atoms with van der Waals surface area (Å²) in [7, 11) is 1.95. The van der Waals surface area contributed by atoms with Gasteiger partial charge in [-0.05, 0) is 68.2 Å². The number of rotatable bonds is 14. The second kappa shape index (κ2) is 14.0. The van der Waals surface area contributed by atoms with Gasteiger partial charge in [-0.1, -0.05) is 48.5 Å². The first-order chi connectivity index (χ1) is 21.3. The SMILES string of the molecule is CN1CC(OC(=O)C(O)(c2ccccc2)c2cccc(OCCCCCNCC(O)c3ccc(O)c4[nH]c(=O)ccc34)c2)C1. The highest BCUT2D eigenvalue weighted by molar-refractivity contribution is 5.87. The number of likely N-dealkylation sites (tertiary alicyclic amines) is 1. The molecule has 3 aromatic carbocycles. The number of esters is 1. The number of aromatic amines is 1. The van der Waals surface area contributed by atoms with Gasteiger partial charge in [0.15, 0.2) is 0 Å². The van der Waals surface area contributed by atoms with E-state index in [0.29, 0.717) is 66.1 Å². The van der Waals surface area contributed by atoms with E-state index >= 15 is 0 Å². The Labute approximate surface area is 255 Å². The summed E-state index contributed by atoms with van der Waals surface area (Å²) in [4.78, 5) is 29.6. The van der Waals surface area contributed by atoms with Crippen molar-refractivity contribution < 1.29 is 29.6 Å². The molecule has 1 aliphatic heterocycles. The number of aliphatic hydroxyl groups is 2. The molecule has 0 radical (unpaired) electrons. The van der Waals surface area contributed by atoms with E-state index in [1.165, 1.54) is 12.1 Å². The predicted molar refractivity (Wildman–Crippen MR) is 167 cm³/mol. The maximum absolute atomic E-state index is 13.3. The van der Waals surface area contributed by atoms with E-state index < -0.39 is 17.7 Å². The summed E-state index contributed by atoms with van der Waals surface area (Å²) < 4.78 is 11.6. The van der Waals surface area contributed by atoms with Crippen LogP contribution in [0.25, 0.3) is 10.9 Å². The quantitative estimate of drug-likeness (QED) is 0.109. The van der Waals surface area contributed by atoms with Crippen molar-refractivity contribution in [3.63, 3.8) is 0 Å². The zero-order valence-corrected chi connectivity index (χ0v) is 24.7. The maximum atomic E-state index is 13.3. The zero-order valence-electron chi connectivity index (χ0n) is 24.7. The summed E-state index contributed by atoms with van der Waals surface area (Å²) in [5.74, 6) is -0.191. The maximum Gasteiger partial charge on any atom is 0.348 e. The van der Waals surface area contributed by atoms with Gasteiger partial charge in [0.05, 0.1) is 18.2 Å². The molecule has 5 N–H and O–H groups in total. The van der Waals surface area contributed by atoms with Gasteiger partial charge < -0.3 is 35.1 Å². The number of phenolic OH excluding ortho intramolecular Hbond substituents is 1. The number of likely N-dealkylation sites (N-methyl/N-ethyl adjacent to an activating group) is 1. The molecule has 1 fully saturated rings. The van der Waals surface area contributed by atoms with E-state index in [4.69, 9.17) is 9.47 Å². The third-order valence-corrected chi connectivity index (χ3v) is 7.91. The topological polar surface area (TPSA) is 144 Å². The number of nitrogens with zero attached hydrogens (tertiary/aromatic N) is 1. The Morgan fingerprint density at radius 3 is 2.57 bits per heavy atom. The average molecular weight is 602 g/mol. The van der Waals surface area contributed by atoms with Crippen molar-refractivity contribution in [2.24, 2.45) is 0 Å². The molecule has 2 heterocycles. The molecule has 5 rings (SSSR count). The smallest absolute Gasteiger partial charge is 0.348 e. The number of benzene rings is 3. The van der Waals surface area contributed by atoms with Crippen LogP contribution in [0.5, 0.6) is 11.5 Å². The summed E-state index contributed by atoms with van der Waals surface area (Å²) in [5.41, 5.74) is -0.531. The van der Waals surface area contributed by atoms with Gasteiger partial charge in [0.2, 0.25) is 11.2 Å². The van der Waals surface area contributed by atoms with Gasteiger partial charge in [0.25, 0.3) is 0 Å². The van der Waals surface area contributed by atoms with Crippen LogP contribution in [0.1, 0.15) is 42.1 Å². The van der Waals surface area contributed by atoms with Crippen molar-refractivity contribution in [2.45, 2.75) is 37.1 Å². The molecule has 44 heavy (non-hydrogen) atoms. The molecule has 10 heteroatoms. The number of hydrogen-bond donors (Lipinski definition) is 5. The molecule has 1 aromatic heterocycles. The number of carbonyl (C=O) groups is 1. The number of phenols is 1. The number of nitrogens with one attached hydrogen (secondary N) is 2. The number of fused-ring (bicyclic) bond motifs is 1. The van der Waals surface area contributed by atoms with Crippen LogP contribution in [0.15, 0.2) is 83.7 Å². The standard InChI is InChI=1S/C34H39N3O7/c1-37-21-26(22-37)44-33(41)34(42,23-9-4-2-5-10-23)24-11-8-12-25(19-24)43-18-7-3-6-17-35-20-30(39)27-13-15-29(38)32-28(27)14-16-31(40)36-32/h2,4-5,8-16,19,26,30,35,38-39,42H,3,6-7,17-18,20-22H2,1H3,(H,36,40). The minimum Gasteiger partial charge on any atom is -0.506 e. The minimum absolute atomic E-state index is 0.0397. The van der Waals surface area contributed by atoms with Crippen LogP contribution in [-0.4, -0.2) is 77.1 Å². The number of aliphatic hydroxyl groups excluding tert-OH is 1. The van der Waals surface area contributed by atoms with Gasteiger partial charge in [0.1, 0.15) is 17.6 Å². The first-order valence-electron chi connectivity index (χ1n) is 14.9. The molecular formula is C34H39N3O7.